The average Bonchev–Trinajstić information content (AvgIpc) is 2.17. The van der Waals surface area contributed by atoms with Crippen molar-refractivity contribution in [2.24, 2.45) is 11.7 Å². The van der Waals surface area contributed by atoms with Crippen LogP contribution in [0.4, 0.5) is 0 Å². The predicted molar refractivity (Wildman–Crippen MR) is 55.7 cm³/mol. The summed E-state index contributed by atoms with van der Waals surface area (Å²) in [7, 11) is 1.93. The van der Waals surface area contributed by atoms with Crippen LogP contribution in [0.1, 0.15) is 39.0 Å². The molecule has 3 nitrogen and oxygen atoms in total. The smallest absolute Gasteiger partial charge is 0.188 e. The Morgan fingerprint density at radius 1 is 1.38 bits per heavy atom. The van der Waals surface area contributed by atoms with Crippen molar-refractivity contribution in [3.63, 3.8) is 0 Å². The van der Waals surface area contributed by atoms with Crippen LogP contribution >= 0.6 is 0 Å². The zero-order valence-electron chi connectivity index (χ0n) is 8.71. The van der Waals surface area contributed by atoms with Gasteiger partial charge in [0.2, 0.25) is 0 Å². The van der Waals surface area contributed by atoms with Gasteiger partial charge < -0.3 is 10.6 Å². The summed E-state index contributed by atoms with van der Waals surface area (Å²) < 4.78 is 0. The van der Waals surface area contributed by atoms with Crippen molar-refractivity contribution in [1.82, 2.24) is 4.90 Å². The summed E-state index contributed by atoms with van der Waals surface area (Å²) in [5.41, 5.74) is 5.44. The second kappa shape index (κ2) is 4.49. The molecule has 0 radical (unpaired) electrons. The van der Waals surface area contributed by atoms with Gasteiger partial charge in [0, 0.05) is 13.1 Å². The topological polar surface area (TPSA) is 53.1 Å². The van der Waals surface area contributed by atoms with Crippen LogP contribution in [0.2, 0.25) is 0 Å². The first-order valence-corrected chi connectivity index (χ1v) is 5.22. The maximum absolute atomic E-state index is 7.34. The van der Waals surface area contributed by atoms with Gasteiger partial charge in [-0.2, -0.15) is 0 Å². The third-order valence-corrected chi connectivity index (χ3v) is 3.32. The highest BCUT2D eigenvalue weighted by Crippen LogP contribution is 2.28. The first-order chi connectivity index (χ1) is 6.15. The Hall–Kier alpha value is -0.730. The van der Waals surface area contributed by atoms with Crippen molar-refractivity contribution in [3.05, 3.63) is 0 Å². The van der Waals surface area contributed by atoms with Crippen molar-refractivity contribution in [2.45, 2.75) is 45.1 Å². The van der Waals surface area contributed by atoms with Crippen LogP contribution in [0.25, 0.3) is 0 Å². The summed E-state index contributed by atoms with van der Waals surface area (Å²) >= 11 is 0. The third-order valence-electron chi connectivity index (χ3n) is 3.32. The molecule has 0 aromatic heterocycles. The molecule has 0 atom stereocenters. The Labute approximate surface area is 80.8 Å². The van der Waals surface area contributed by atoms with Crippen LogP contribution in [0.5, 0.6) is 0 Å². The number of nitrogens with one attached hydrogen (secondary N) is 1. The molecule has 3 heteroatoms. The summed E-state index contributed by atoms with van der Waals surface area (Å²) in [6.07, 6.45) is 6.32. The number of nitrogens with zero attached hydrogens (tertiary/aromatic N) is 1. The predicted octanol–water partition coefficient (Wildman–Crippen LogP) is 1.78. The molecule has 1 aliphatic carbocycles. The van der Waals surface area contributed by atoms with Crippen molar-refractivity contribution in [1.29, 1.82) is 5.41 Å². The highest BCUT2D eigenvalue weighted by atomic mass is 15.2. The van der Waals surface area contributed by atoms with E-state index in [1.165, 1.54) is 32.1 Å². The molecule has 0 aliphatic heterocycles. The molecule has 1 saturated carbocycles. The normalized spacial score (nSPS) is 28.5. The standard InChI is InChI=1S/C10H21N3/c1-3-8-4-6-9(7-5-8)13(2)10(11)12/h8-9H,3-7H2,1-2H3,(H3,11,12). The van der Waals surface area contributed by atoms with Crippen molar-refractivity contribution < 1.29 is 0 Å². The zero-order valence-corrected chi connectivity index (χ0v) is 8.71. The summed E-state index contributed by atoms with van der Waals surface area (Å²) in [5.74, 6) is 1.12. The zero-order chi connectivity index (χ0) is 9.84. The number of guanidine groups is 1. The number of hydrogen-bond donors (Lipinski definition) is 2. The Morgan fingerprint density at radius 2 is 1.92 bits per heavy atom. The fourth-order valence-corrected chi connectivity index (χ4v) is 2.14. The molecule has 0 bridgehead atoms. The molecule has 1 fully saturated rings. The Kier molecular flexibility index (Phi) is 3.58. The molecular formula is C10H21N3. The van der Waals surface area contributed by atoms with Crippen LogP contribution in [0.15, 0.2) is 0 Å². The Morgan fingerprint density at radius 3 is 2.31 bits per heavy atom. The van der Waals surface area contributed by atoms with Gasteiger partial charge in [-0.05, 0) is 31.6 Å². The molecular weight excluding hydrogens is 162 g/mol. The molecule has 0 aromatic rings. The van der Waals surface area contributed by atoms with E-state index in [0.29, 0.717) is 6.04 Å². The summed E-state index contributed by atoms with van der Waals surface area (Å²) in [6.45, 7) is 2.26. The molecule has 0 saturated heterocycles. The average molecular weight is 183 g/mol. The molecule has 0 heterocycles. The minimum atomic E-state index is 0.208. The van der Waals surface area contributed by atoms with E-state index in [-0.39, 0.29) is 5.96 Å². The lowest BCUT2D eigenvalue weighted by Gasteiger charge is -2.34. The number of hydrogen-bond acceptors (Lipinski definition) is 1. The van der Waals surface area contributed by atoms with Gasteiger partial charge in [-0.25, -0.2) is 0 Å². The first-order valence-electron chi connectivity index (χ1n) is 5.22. The van der Waals surface area contributed by atoms with Crippen molar-refractivity contribution in [3.8, 4) is 0 Å². The second-order valence-corrected chi connectivity index (χ2v) is 4.08. The van der Waals surface area contributed by atoms with Crippen molar-refractivity contribution >= 4 is 5.96 Å². The second-order valence-electron chi connectivity index (χ2n) is 4.08. The molecule has 1 aliphatic rings. The molecule has 0 aromatic carbocycles. The Balaban J connectivity index is 2.36. The van der Waals surface area contributed by atoms with Gasteiger partial charge in [0.05, 0.1) is 0 Å². The highest BCUT2D eigenvalue weighted by molar-refractivity contribution is 5.74. The van der Waals surface area contributed by atoms with Gasteiger partial charge in [-0.1, -0.05) is 13.3 Å². The van der Waals surface area contributed by atoms with Gasteiger partial charge in [0.15, 0.2) is 5.96 Å². The van der Waals surface area contributed by atoms with E-state index >= 15 is 0 Å². The van der Waals surface area contributed by atoms with Gasteiger partial charge in [-0.3, -0.25) is 5.41 Å². The fourth-order valence-electron chi connectivity index (χ4n) is 2.14. The van der Waals surface area contributed by atoms with Crippen LogP contribution < -0.4 is 5.73 Å². The van der Waals surface area contributed by atoms with E-state index in [1.807, 2.05) is 11.9 Å². The summed E-state index contributed by atoms with van der Waals surface area (Å²) in [6, 6.07) is 0.514. The molecule has 3 N–H and O–H groups in total. The van der Waals surface area contributed by atoms with E-state index in [2.05, 4.69) is 6.92 Å². The largest absolute Gasteiger partial charge is 0.370 e. The van der Waals surface area contributed by atoms with Crippen LogP contribution in [0.3, 0.4) is 0 Å². The maximum Gasteiger partial charge on any atom is 0.188 e. The van der Waals surface area contributed by atoms with Gasteiger partial charge in [0.25, 0.3) is 0 Å². The summed E-state index contributed by atoms with van der Waals surface area (Å²) in [5, 5.41) is 7.34. The van der Waals surface area contributed by atoms with E-state index < -0.39 is 0 Å². The minimum absolute atomic E-state index is 0.208. The molecule has 76 valence electrons. The maximum atomic E-state index is 7.34. The van der Waals surface area contributed by atoms with E-state index in [4.69, 9.17) is 11.1 Å². The first kappa shape index (κ1) is 10.4. The molecule has 0 unspecified atom stereocenters. The van der Waals surface area contributed by atoms with Gasteiger partial charge >= 0.3 is 0 Å². The van der Waals surface area contributed by atoms with Crippen LogP contribution in [-0.2, 0) is 0 Å². The lowest BCUT2D eigenvalue weighted by atomic mass is 9.84. The third kappa shape index (κ3) is 2.61. The Bertz CT molecular complexity index is 171. The molecule has 0 amide bonds. The molecule has 1 rings (SSSR count). The summed E-state index contributed by atoms with van der Waals surface area (Å²) in [4.78, 5) is 1.91. The lowest BCUT2D eigenvalue weighted by Crippen LogP contribution is -2.42. The molecule has 13 heavy (non-hydrogen) atoms. The highest BCUT2D eigenvalue weighted by Gasteiger charge is 2.23. The SMILES string of the molecule is CCC1CCC(N(C)C(=N)N)CC1. The quantitative estimate of drug-likeness (QED) is 0.506. The van der Waals surface area contributed by atoms with E-state index in [9.17, 15) is 0 Å². The number of rotatable bonds is 2. The van der Waals surface area contributed by atoms with Gasteiger partial charge in [-0.15, -0.1) is 0 Å². The fraction of sp³-hybridized carbons (Fsp3) is 0.900. The molecule has 0 spiro atoms. The van der Waals surface area contributed by atoms with Crippen molar-refractivity contribution in [2.75, 3.05) is 7.05 Å². The number of nitrogens with two attached hydrogens (primary N) is 1. The van der Waals surface area contributed by atoms with Gasteiger partial charge in [0.1, 0.15) is 0 Å². The monoisotopic (exact) mass is 183 g/mol. The van der Waals surface area contributed by atoms with E-state index in [0.717, 1.165) is 5.92 Å². The lowest BCUT2D eigenvalue weighted by molar-refractivity contribution is 0.224. The van der Waals surface area contributed by atoms with Crippen LogP contribution in [0, 0.1) is 11.3 Å². The minimum Gasteiger partial charge on any atom is -0.370 e. The van der Waals surface area contributed by atoms with E-state index in [1.54, 1.807) is 0 Å². The van der Waals surface area contributed by atoms with Crippen LogP contribution in [-0.4, -0.2) is 23.9 Å².